The summed E-state index contributed by atoms with van der Waals surface area (Å²) in [4.78, 5) is 25.7. The maximum absolute atomic E-state index is 12.5. The average molecular weight is 439 g/mol. The smallest absolute Gasteiger partial charge is 0.252 e. The molecule has 160 valence electrons. The van der Waals surface area contributed by atoms with Gasteiger partial charge in [-0.25, -0.2) is 14.5 Å². The van der Waals surface area contributed by atoms with Crippen LogP contribution >= 0.6 is 11.3 Å². The average Bonchev–Trinajstić information content (AvgIpc) is 3.42. The van der Waals surface area contributed by atoms with Crippen LogP contribution < -0.4 is 14.8 Å². The predicted octanol–water partition coefficient (Wildman–Crippen LogP) is 3.45. The van der Waals surface area contributed by atoms with Gasteiger partial charge in [0.25, 0.3) is 5.78 Å². The number of benzene rings is 1. The number of hydrogen-bond acceptors (Lipinski definition) is 8. The highest BCUT2D eigenvalue weighted by Crippen LogP contribution is 2.35. The zero-order valence-electron chi connectivity index (χ0n) is 17.7. The Kier molecular flexibility index (Phi) is 5.81. The summed E-state index contributed by atoms with van der Waals surface area (Å²) in [5.74, 6) is 1.84. The van der Waals surface area contributed by atoms with Gasteiger partial charge in [-0.3, -0.25) is 4.79 Å². The molecule has 0 saturated carbocycles. The van der Waals surface area contributed by atoms with Crippen LogP contribution in [0.15, 0.2) is 29.9 Å². The van der Waals surface area contributed by atoms with Crippen LogP contribution in [0.2, 0.25) is 0 Å². The molecule has 0 bridgehead atoms. The molecule has 0 radical (unpaired) electrons. The lowest BCUT2D eigenvalue weighted by Crippen LogP contribution is -2.14. The first-order valence-corrected chi connectivity index (χ1v) is 10.5. The maximum Gasteiger partial charge on any atom is 0.252 e. The van der Waals surface area contributed by atoms with Crippen LogP contribution in [-0.4, -0.2) is 44.7 Å². The number of carbonyl (C=O) groups is 1. The minimum absolute atomic E-state index is 0.115. The molecule has 9 nitrogen and oxygen atoms in total. The Morgan fingerprint density at radius 2 is 2.03 bits per heavy atom. The van der Waals surface area contributed by atoms with Gasteiger partial charge in [-0.2, -0.15) is 10.1 Å². The van der Waals surface area contributed by atoms with Crippen LogP contribution in [0.5, 0.6) is 11.5 Å². The molecule has 4 rings (SSSR count). The molecule has 0 fully saturated rings. The summed E-state index contributed by atoms with van der Waals surface area (Å²) in [6.07, 6.45) is 2.33. The van der Waals surface area contributed by atoms with Gasteiger partial charge in [-0.1, -0.05) is 0 Å². The highest BCUT2D eigenvalue weighted by Gasteiger charge is 2.15. The fraction of sp³-hybridized carbons (Fsp3) is 0.286. The van der Waals surface area contributed by atoms with Crippen molar-refractivity contribution < 1.29 is 14.3 Å². The van der Waals surface area contributed by atoms with E-state index in [4.69, 9.17) is 9.47 Å². The van der Waals surface area contributed by atoms with Crippen molar-refractivity contribution >= 4 is 28.2 Å². The Labute approximate surface area is 183 Å². The molecule has 1 N–H and O–H groups in total. The summed E-state index contributed by atoms with van der Waals surface area (Å²) in [7, 11) is 3.22. The number of hydrogen-bond donors (Lipinski definition) is 1. The van der Waals surface area contributed by atoms with Gasteiger partial charge in [0, 0.05) is 28.8 Å². The van der Waals surface area contributed by atoms with Crippen LogP contribution in [0, 0.1) is 13.8 Å². The Morgan fingerprint density at radius 3 is 2.81 bits per heavy atom. The second-order valence-corrected chi connectivity index (χ2v) is 7.74. The van der Waals surface area contributed by atoms with Gasteiger partial charge in [0.1, 0.15) is 17.8 Å². The summed E-state index contributed by atoms with van der Waals surface area (Å²) in [6.45, 7) is 3.88. The highest BCUT2D eigenvalue weighted by molar-refractivity contribution is 7.14. The summed E-state index contributed by atoms with van der Waals surface area (Å²) in [5, 5.41) is 9.48. The van der Waals surface area contributed by atoms with E-state index in [-0.39, 0.29) is 5.91 Å². The largest absolute Gasteiger partial charge is 0.497 e. The number of amides is 1. The van der Waals surface area contributed by atoms with Gasteiger partial charge >= 0.3 is 0 Å². The number of methoxy groups -OCH3 is 2. The van der Waals surface area contributed by atoms with Crippen molar-refractivity contribution in [1.29, 1.82) is 0 Å². The first-order chi connectivity index (χ1) is 15.0. The highest BCUT2D eigenvalue weighted by atomic mass is 32.1. The van der Waals surface area contributed by atoms with Gasteiger partial charge in [0.05, 0.1) is 19.9 Å². The van der Waals surface area contributed by atoms with E-state index in [1.54, 1.807) is 18.7 Å². The normalized spacial score (nSPS) is 11.0. The van der Waals surface area contributed by atoms with Gasteiger partial charge < -0.3 is 14.8 Å². The molecule has 0 unspecified atom stereocenters. The molecule has 0 spiro atoms. The Morgan fingerprint density at radius 1 is 1.19 bits per heavy atom. The summed E-state index contributed by atoms with van der Waals surface area (Å²) >= 11 is 1.36. The van der Waals surface area contributed by atoms with E-state index in [0.717, 1.165) is 22.5 Å². The van der Waals surface area contributed by atoms with E-state index in [0.29, 0.717) is 40.9 Å². The van der Waals surface area contributed by atoms with Gasteiger partial charge in [0.2, 0.25) is 5.91 Å². The Bertz CT molecular complexity index is 1250. The van der Waals surface area contributed by atoms with Crippen LogP contribution in [0.3, 0.4) is 0 Å². The summed E-state index contributed by atoms with van der Waals surface area (Å²) in [5.41, 5.74) is 4.30. The lowest BCUT2D eigenvalue weighted by atomic mass is 10.1. The third-order valence-electron chi connectivity index (χ3n) is 5.02. The molecule has 1 aromatic carbocycles. The SMILES string of the molecule is COc1ccc(OC)c(-c2csc(NC(=O)CCc3c(C)nc4ncnn4c3C)n2)c1. The molecule has 0 atom stereocenters. The van der Waals surface area contributed by atoms with Crippen molar-refractivity contribution in [3.8, 4) is 22.8 Å². The number of carbonyl (C=O) groups excluding carboxylic acids is 1. The maximum atomic E-state index is 12.5. The lowest BCUT2D eigenvalue weighted by Gasteiger charge is -2.10. The van der Waals surface area contributed by atoms with Crippen LogP contribution in [0.25, 0.3) is 17.0 Å². The number of fused-ring (bicyclic) bond motifs is 1. The van der Waals surface area contributed by atoms with E-state index < -0.39 is 0 Å². The second-order valence-electron chi connectivity index (χ2n) is 6.89. The number of aryl methyl sites for hydroxylation is 2. The fourth-order valence-electron chi connectivity index (χ4n) is 3.41. The molecular formula is C21H22N6O3S. The minimum Gasteiger partial charge on any atom is -0.497 e. The van der Waals surface area contributed by atoms with Crippen molar-refractivity contribution in [3.05, 3.63) is 46.9 Å². The number of ether oxygens (including phenoxy) is 2. The van der Waals surface area contributed by atoms with Crippen molar-refractivity contribution in [3.63, 3.8) is 0 Å². The van der Waals surface area contributed by atoms with Crippen molar-refractivity contribution in [2.75, 3.05) is 19.5 Å². The summed E-state index contributed by atoms with van der Waals surface area (Å²) in [6, 6.07) is 5.52. The molecule has 0 aliphatic carbocycles. The second kappa shape index (κ2) is 8.68. The van der Waals surface area contributed by atoms with Crippen molar-refractivity contribution in [2.24, 2.45) is 0 Å². The Hall–Kier alpha value is -3.53. The first-order valence-electron chi connectivity index (χ1n) is 9.63. The van der Waals surface area contributed by atoms with Gasteiger partial charge in [-0.15, -0.1) is 11.3 Å². The topological polar surface area (TPSA) is 104 Å². The third kappa shape index (κ3) is 4.19. The first kappa shape index (κ1) is 20.7. The quantitative estimate of drug-likeness (QED) is 0.471. The number of rotatable bonds is 7. The van der Waals surface area contributed by atoms with E-state index in [1.807, 2.05) is 37.4 Å². The van der Waals surface area contributed by atoms with Crippen LogP contribution in [0.4, 0.5) is 5.13 Å². The van der Waals surface area contributed by atoms with Gasteiger partial charge in [-0.05, 0) is 44.0 Å². The fourth-order valence-corrected chi connectivity index (χ4v) is 4.13. The van der Waals surface area contributed by atoms with E-state index >= 15 is 0 Å². The van der Waals surface area contributed by atoms with Crippen LogP contribution in [0.1, 0.15) is 23.4 Å². The minimum atomic E-state index is -0.115. The van der Waals surface area contributed by atoms with Crippen LogP contribution in [-0.2, 0) is 11.2 Å². The molecule has 3 aromatic heterocycles. The van der Waals surface area contributed by atoms with Crippen molar-refractivity contribution in [2.45, 2.75) is 26.7 Å². The Balaban J connectivity index is 1.46. The van der Waals surface area contributed by atoms with E-state index in [2.05, 4.69) is 25.4 Å². The molecule has 0 aliphatic heterocycles. The standard InChI is InChI=1S/C21H22N6O3S/c1-12-15(13(2)27-20(24-12)22-11-23-27)6-8-19(28)26-21-25-17(10-31-21)16-9-14(29-3)5-7-18(16)30-4/h5,7,9-11H,6,8H2,1-4H3,(H,25,26,28). The van der Waals surface area contributed by atoms with E-state index in [9.17, 15) is 4.79 Å². The zero-order chi connectivity index (χ0) is 22.0. The number of aromatic nitrogens is 5. The molecule has 31 heavy (non-hydrogen) atoms. The molecule has 4 aromatic rings. The number of nitrogens with one attached hydrogen (secondary N) is 1. The molecule has 0 aliphatic rings. The zero-order valence-corrected chi connectivity index (χ0v) is 18.5. The van der Waals surface area contributed by atoms with Gasteiger partial charge in [0.15, 0.2) is 5.13 Å². The molecule has 1 amide bonds. The molecule has 10 heteroatoms. The monoisotopic (exact) mass is 438 g/mol. The van der Waals surface area contributed by atoms with Crippen molar-refractivity contribution in [1.82, 2.24) is 24.6 Å². The summed E-state index contributed by atoms with van der Waals surface area (Å²) < 4.78 is 12.4. The number of thiazole rings is 1. The van der Waals surface area contributed by atoms with E-state index in [1.165, 1.54) is 17.7 Å². The lowest BCUT2D eigenvalue weighted by molar-refractivity contribution is -0.116. The number of nitrogens with zero attached hydrogens (tertiary/aromatic N) is 5. The third-order valence-corrected chi connectivity index (χ3v) is 5.78. The molecular weight excluding hydrogens is 416 g/mol. The number of anilines is 1. The molecule has 3 heterocycles. The molecule has 0 saturated heterocycles. The predicted molar refractivity (Wildman–Crippen MR) is 118 cm³/mol.